The number of anilines is 1. The number of rotatable bonds is 3. The van der Waals surface area contributed by atoms with Crippen molar-refractivity contribution in [3.63, 3.8) is 0 Å². The Bertz CT molecular complexity index is 798. The minimum Gasteiger partial charge on any atom is -0.325 e. The average molecular weight is 358 g/mol. The first-order valence-corrected chi connectivity index (χ1v) is 7.93. The highest BCUT2D eigenvalue weighted by molar-refractivity contribution is 9.09. The molecule has 2 aromatic rings. The van der Waals surface area contributed by atoms with Crippen LogP contribution in [0.15, 0.2) is 42.5 Å². The normalized spacial score (nSPS) is 12.6. The van der Waals surface area contributed by atoms with Gasteiger partial charge in [-0.15, -0.1) is 0 Å². The second-order valence-electron chi connectivity index (χ2n) is 4.92. The van der Waals surface area contributed by atoms with E-state index in [0.29, 0.717) is 34.1 Å². The Labute approximate surface area is 135 Å². The molecule has 0 saturated heterocycles. The molecule has 1 aliphatic carbocycles. The second-order valence-corrected chi connectivity index (χ2v) is 5.71. The molecule has 0 spiro atoms. The number of ketones is 2. The average Bonchev–Trinajstić information content (AvgIpc) is 2.53. The van der Waals surface area contributed by atoms with Gasteiger partial charge in [0.2, 0.25) is 5.91 Å². The van der Waals surface area contributed by atoms with E-state index in [1.54, 1.807) is 42.5 Å². The van der Waals surface area contributed by atoms with Gasteiger partial charge in [-0.25, -0.2) is 0 Å². The van der Waals surface area contributed by atoms with Crippen LogP contribution in [0.4, 0.5) is 5.69 Å². The van der Waals surface area contributed by atoms with Crippen LogP contribution in [0, 0.1) is 0 Å². The largest absolute Gasteiger partial charge is 0.325 e. The fraction of sp³-hybridized carbons (Fsp3) is 0.118. The number of carbonyl (C=O) groups is 3. The number of alkyl halides is 1. The highest BCUT2D eigenvalue weighted by Gasteiger charge is 2.31. The van der Waals surface area contributed by atoms with Crippen molar-refractivity contribution < 1.29 is 14.4 Å². The van der Waals surface area contributed by atoms with Crippen LogP contribution in [-0.2, 0) is 4.79 Å². The highest BCUT2D eigenvalue weighted by Crippen LogP contribution is 2.31. The van der Waals surface area contributed by atoms with E-state index >= 15 is 0 Å². The molecule has 3 rings (SSSR count). The van der Waals surface area contributed by atoms with E-state index in [4.69, 9.17) is 0 Å². The van der Waals surface area contributed by atoms with Crippen LogP contribution in [0.2, 0.25) is 0 Å². The molecule has 0 heterocycles. The molecule has 4 nitrogen and oxygen atoms in total. The number of carbonyl (C=O) groups excluding carboxylic acids is 3. The Morgan fingerprint density at radius 1 is 0.909 bits per heavy atom. The van der Waals surface area contributed by atoms with E-state index in [9.17, 15) is 14.4 Å². The minimum absolute atomic E-state index is 0.193. The first-order valence-electron chi connectivity index (χ1n) is 6.80. The molecule has 0 radical (unpaired) electrons. The van der Waals surface area contributed by atoms with Crippen molar-refractivity contribution in [2.75, 3.05) is 10.6 Å². The summed E-state index contributed by atoms with van der Waals surface area (Å²) in [5, 5.41) is 3.24. The summed E-state index contributed by atoms with van der Waals surface area (Å²) in [4.78, 5) is 37.0. The van der Waals surface area contributed by atoms with Crippen LogP contribution in [0.1, 0.15) is 38.3 Å². The van der Waals surface area contributed by atoms with Gasteiger partial charge in [0.25, 0.3) is 0 Å². The zero-order valence-electron chi connectivity index (χ0n) is 11.6. The van der Waals surface area contributed by atoms with E-state index in [2.05, 4.69) is 21.2 Å². The highest BCUT2D eigenvalue weighted by atomic mass is 79.9. The minimum atomic E-state index is -0.236. The summed E-state index contributed by atoms with van der Waals surface area (Å²) < 4.78 is 0. The van der Waals surface area contributed by atoms with E-state index in [0.717, 1.165) is 0 Å². The molecule has 1 N–H and O–H groups in total. The standard InChI is InChI=1S/C17H12BrNO3/c18-9-8-14(20)19-13-7-3-6-12-15(13)17(22)11-5-2-1-4-10(11)16(12)21/h1-7H,8-9H2,(H,19,20). The van der Waals surface area contributed by atoms with Crippen molar-refractivity contribution in [3.8, 4) is 0 Å². The van der Waals surface area contributed by atoms with Gasteiger partial charge in [0.05, 0.1) is 11.3 Å². The molecule has 0 aliphatic heterocycles. The lowest BCUT2D eigenvalue weighted by molar-refractivity contribution is -0.115. The topological polar surface area (TPSA) is 63.2 Å². The summed E-state index contributed by atoms with van der Waals surface area (Å²) >= 11 is 3.20. The van der Waals surface area contributed by atoms with Crippen LogP contribution >= 0.6 is 15.9 Å². The van der Waals surface area contributed by atoms with Crippen molar-refractivity contribution in [2.45, 2.75) is 6.42 Å². The number of benzene rings is 2. The van der Waals surface area contributed by atoms with Gasteiger partial charge in [0.1, 0.15) is 0 Å². The van der Waals surface area contributed by atoms with Crippen LogP contribution < -0.4 is 5.32 Å². The van der Waals surface area contributed by atoms with Gasteiger partial charge in [0.15, 0.2) is 11.6 Å². The molecule has 0 bridgehead atoms. The maximum absolute atomic E-state index is 12.7. The quantitative estimate of drug-likeness (QED) is 0.732. The number of hydrogen-bond acceptors (Lipinski definition) is 3. The smallest absolute Gasteiger partial charge is 0.225 e. The van der Waals surface area contributed by atoms with Crippen LogP contribution in [0.3, 0.4) is 0 Å². The van der Waals surface area contributed by atoms with E-state index in [-0.39, 0.29) is 23.0 Å². The van der Waals surface area contributed by atoms with Gasteiger partial charge in [-0.05, 0) is 6.07 Å². The number of halogens is 1. The third-order valence-electron chi connectivity index (χ3n) is 3.55. The predicted molar refractivity (Wildman–Crippen MR) is 86.8 cm³/mol. The van der Waals surface area contributed by atoms with Crippen molar-refractivity contribution >= 4 is 39.1 Å². The molecule has 110 valence electrons. The second kappa shape index (κ2) is 5.85. The van der Waals surface area contributed by atoms with Crippen LogP contribution in [0.5, 0.6) is 0 Å². The third-order valence-corrected chi connectivity index (χ3v) is 3.94. The number of nitrogens with one attached hydrogen (secondary N) is 1. The first-order chi connectivity index (χ1) is 10.6. The molecule has 0 atom stereocenters. The molecule has 2 aromatic carbocycles. The molecule has 1 amide bonds. The first kappa shape index (κ1) is 14.7. The van der Waals surface area contributed by atoms with Crippen molar-refractivity contribution in [1.29, 1.82) is 0 Å². The lowest BCUT2D eigenvalue weighted by Crippen LogP contribution is -2.23. The van der Waals surface area contributed by atoms with Gasteiger partial charge in [-0.1, -0.05) is 52.3 Å². The Hall–Kier alpha value is -2.27. The van der Waals surface area contributed by atoms with Gasteiger partial charge in [0, 0.05) is 28.4 Å². The number of hydrogen-bond donors (Lipinski definition) is 1. The van der Waals surface area contributed by atoms with Gasteiger partial charge in [-0.2, -0.15) is 0 Å². The maximum atomic E-state index is 12.7. The summed E-state index contributed by atoms with van der Waals surface area (Å²) in [6.07, 6.45) is 0.294. The molecular weight excluding hydrogens is 346 g/mol. The molecule has 1 aliphatic rings. The molecule has 5 heteroatoms. The van der Waals surface area contributed by atoms with E-state index in [1.807, 2.05) is 0 Å². The number of amides is 1. The predicted octanol–water partition coefficient (Wildman–Crippen LogP) is 3.19. The lowest BCUT2D eigenvalue weighted by atomic mass is 9.83. The summed E-state index contributed by atoms with van der Waals surface area (Å²) in [5.41, 5.74) is 1.77. The zero-order valence-corrected chi connectivity index (χ0v) is 13.1. The van der Waals surface area contributed by atoms with Gasteiger partial charge >= 0.3 is 0 Å². The van der Waals surface area contributed by atoms with Crippen LogP contribution in [-0.4, -0.2) is 22.8 Å². The Morgan fingerprint density at radius 3 is 2.23 bits per heavy atom. The summed E-state index contributed by atoms with van der Waals surface area (Å²) in [5.74, 6) is -0.633. The summed E-state index contributed by atoms with van der Waals surface area (Å²) in [7, 11) is 0. The third kappa shape index (κ3) is 2.37. The Morgan fingerprint density at radius 2 is 1.55 bits per heavy atom. The Balaban J connectivity index is 2.11. The van der Waals surface area contributed by atoms with Crippen LogP contribution in [0.25, 0.3) is 0 Å². The number of fused-ring (bicyclic) bond motifs is 2. The van der Waals surface area contributed by atoms with Crippen molar-refractivity contribution in [3.05, 3.63) is 64.7 Å². The summed E-state index contributed by atoms with van der Waals surface area (Å²) in [6.45, 7) is 0. The monoisotopic (exact) mass is 357 g/mol. The lowest BCUT2D eigenvalue weighted by Gasteiger charge is -2.20. The Kier molecular flexibility index (Phi) is 3.90. The SMILES string of the molecule is O=C(CCBr)Nc1cccc2c1C(=O)c1ccccc1C2=O. The maximum Gasteiger partial charge on any atom is 0.225 e. The molecule has 22 heavy (non-hydrogen) atoms. The molecule has 0 unspecified atom stereocenters. The fourth-order valence-electron chi connectivity index (χ4n) is 2.55. The van der Waals surface area contributed by atoms with Crippen molar-refractivity contribution in [2.24, 2.45) is 0 Å². The zero-order chi connectivity index (χ0) is 15.7. The molecule has 0 fully saturated rings. The van der Waals surface area contributed by atoms with Crippen molar-refractivity contribution in [1.82, 2.24) is 0 Å². The molecule has 0 saturated carbocycles. The fourth-order valence-corrected chi connectivity index (χ4v) is 2.91. The van der Waals surface area contributed by atoms with Gasteiger partial charge < -0.3 is 5.32 Å². The molecular formula is C17H12BrNO3. The van der Waals surface area contributed by atoms with E-state index < -0.39 is 0 Å². The van der Waals surface area contributed by atoms with E-state index in [1.165, 1.54) is 0 Å². The summed E-state index contributed by atoms with van der Waals surface area (Å²) in [6, 6.07) is 11.7. The molecule has 0 aromatic heterocycles. The van der Waals surface area contributed by atoms with Gasteiger partial charge in [-0.3, -0.25) is 14.4 Å².